The number of anilines is 1. The second-order valence-electron chi connectivity index (χ2n) is 6.54. The minimum atomic E-state index is -0.369. The molecule has 1 heterocycles. The first-order valence-electron chi connectivity index (χ1n) is 8.46. The molecule has 0 spiro atoms. The largest absolute Gasteiger partial charge is 0.497 e. The van der Waals surface area contributed by atoms with Gasteiger partial charge in [-0.05, 0) is 62.8 Å². The lowest BCUT2D eigenvalue weighted by Crippen LogP contribution is -2.46. The van der Waals surface area contributed by atoms with Crippen molar-refractivity contribution in [1.29, 1.82) is 0 Å². The maximum atomic E-state index is 13.1. The number of ether oxygens (including phenoxy) is 2. The first-order chi connectivity index (χ1) is 11.1. The number of benzene rings is 1. The van der Waals surface area contributed by atoms with Crippen molar-refractivity contribution in [2.24, 2.45) is 11.7 Å². The summed E-state index contributed by atoms with van der Waals surface area (Å²) in [6.45, 7) is 2.61. The lowest BCUT2D eigenvalue weighted by molar-refractivity contribution is -0.129. The van der Waals surface area contributed by atoms with E-state index in [2.05, 4.69) is 6.92 Å². The van der Waals surface area contributed by atoms with Gasteiger partial charge in [0, 0.05) is 18.3 Å². The molecule has 3 atom stereocenters. The predicted molar refractivity (Wildman–Crippen MR) is 89.6 cm³/mol. The Balaban J connectivity index is 1.81. The monoisotopic (exact) mass is 318 g/mol. The van der Waals surface area contributed by atoms with E-state index in [1.54, 1.807) is 7.11 Å². The van der Waals surface area contributed by atoms with Crippen LogP contribution in [0.4, 0.5) is 5.69 Å². The molecule has 5 heteroatoms. The van der Waals surface area contributed by atoms with Gasteiger partial charge in [0.05, 0.1) is 13.2 Å². The molecule has 1 saturated carbocycles. The van der Waals surface area contributed by atoms with Crippen molar-refractivity contribution in [2.75, 3.05) is 18.6 Å². The Hall–Kier alpha value is -1.59. The smallest absolute Gasteiger partial charge is 0.256 e. The summed E-state index contributed by atoms with van der Waals surface area (Å²) >= 11 is 0. The fourth-order valence-corrected chi connectivity index (χ4v) is 3.31. The van der Waals surface area contributed by atoms with Crippen molar-refractivity contribution >= 4 is 11.6 Å². The summed E-state index contributed by atoms with van der Waals surface area (Å²) in [6, 6.07) is 7.88. The highest BCUT2D eigenvalue weighted by Gasteiger charge is 2.40. The van der Waals surface area contributed by atoms with Crippen LogP contribution in [0.3, 0.4) is 0 Å². The summed E-state index contributed by atoms with van der Waals surface area (Å²) in [6.07, 6.45) is 3.65. The van der Waals surface area contributed by atoms with Crippen LogP contribution in [0.25, 0.3) is 0 Å². The summed E-state index contributed by atoms with van der Waals surface area (Å²) in [5.41, 5.74) is 6.58. The van der Waals surface area contributed by atoms with Crippen LogP contribution in [0, 0.1) is 5.92 Å². The first-order valence-corrected chi connectivity index (χ1v) is 8.46. The van der Waals surface area contributed by atoms with Gasteiger partial charge in [-0.3, -0.25) is 4.79 Å². The SMILES string of the molecule is COc1ccc(N(C(=O)[C@@H]2CC[C@H](CN)O2)C(C)C2CC2)cc1. The highest BCUT2D eigenvalue weighted by Crippen LogP contribution is 2.38. The van der Waals surface area contributed by atoms with Crippen molar-refractivity contribution in [3.05, 3.63) is 24.3 Å². The highest BCUT2D eigenvalue weighted by molar-refractivity contribution is 5.97. The van der Waals surface area contributed by atoms with E-state index in [0.717, 1.165) is 24.3 Å². The third kappa shape index (κ3) is 3.51. The molecule has 1 aliphatic carbocycles. The van der Waals surface area contributed by atoms with Crippen molar-refractivity contribution < 1.29 is 14.3 Å². The number of rotatable bonds is 6. The Bertz CT molecular complexity index is 542. The van der Waals surface area contributed by atoms with Gasteiger partial charge in [-0.15, -0.1) is 0 Å². The second-order valence-corrected chi connectivity index (χ2v) is 6.54. The number of amides is 1. The zero-order valence-electron chi connectivity index (χ0n) is 13.9. The molecular weight excluding hydrogens is 292 g/mol. The minimum absolute atomic E-state index is 0.0119. The molecule has 2 aliphatic rings. The van der Waals surface area contributed by atoms with Gasteiger partial charge < -0.3 is 20.1 Å². The van der Waals surface area contributed by atoms with Crippen molar-refractivity contribution in [2.45, 2.75) is 50.9 Å². The lowest BCUT2D eigenvalue weighted by atomic mass is 10.1. The Kier molecular flexibility index (Phi) is 4.87. The van der Waals surface area contributed by atoms with Crippen LogP contribution >= 0.6 is 0 Å². The third-order valence-corrected chi connectivity index (χ3v) is 4.95. The Morgan fingerprint density at radius 3 is 2.52 bits per heavy atom. The van der Waals surface area contributed by atoms with Gasteiger partial charge in [0.25, 0.3) is 5.91 Å². The molecule has 1 aromatic rings. The van der Waals surface area contributed by atoms with Gasteiger partial charge in [-0.1, -0.05) is 0 Å². The number of carbonyl (C=O) groups is 1. The van der Waals surface area contributed by atoms with E-state index < -0.39 is 0 Å². The molecule has 1 amide bonds. The van der Waals surface area contributed by atoms with Crippen LogP contribution in [-0.2, 0) is 9.53 Å². The molecule has 1 unspecified atom stereocenters. The van der Waals surface area contributed by atoms with E-state index in [1.165, 1.54) is 12.8 Å². The normalized spacial score (nSPS) is 25.2. The predicted octanol–water partition coefficient (Wildman–Crippen LogP) is 2.33. The van der Waals surface area contributed by atoms with E-state index in [9.17, 15) is 4.79 Å². The molecular formula is C18H26N2O3. The van der Waals surface area contributed by atoms with Gasteiger partial charge in [-0.2, -0.15) is 0 Å². The van der Waals surface area contributed by atoms with E-state index in [0.29, 0.717) is 12.5 Å². The van der Waals surface area contributed by atoms with Crippen LogP contribution < -0.4 is 15.4 Å². The molecule has 0 aromatic heterocycles. The van der Waals surface area contributed by atoms with Crippen molar-refractivity contribution in [1.82, 2.24) is 0 Å². The summed E-state index contributed by atoms with van der Waals surface area (Å²) in [7, 11) is 1.64. The molecule has 3 rings (SSSR count). The van der Waals surface area contributed by atoms with E-state index in [1.807, 2.05) is 29.2 Å². The van der Waals surface area contributed by atoms with Gasteiger partial charge in [0.2, 0.25) is 0 Å². The zero-order valence-corrected chi connectivity index (χ0v) is 13.9. The van der Waals surface area contributed by atoms with Crippen LogP contribution in [-0.4, -0.2) is 37.8 Å². The van der Waals surface area contributed by atoms with E-state index >= 15 is 0 Å². The Labute approximate surface area is 137 Å². The molecule has 2 N–H and O–H groups in total. The topological polar surface area (TPSA) is 64.8 Å². The number of hydrogen-bond donors (Lipinski definition) is 1. The van der Waals surface area contributed by atoms with Crippen molar-refractivity contribution in [3.8, 4) is 5.75 Å². The summed E-state index contributed by atoms with van der Waals surface area (Å²) < 4.78 is 11.0. The molecule has 126 valence electrons. The molecule has 1 aromatic carbocycles. The van der Waals surface area contributed by atoms with Gasteiger partial charge in [-0.25, -0.2) is 0 Å². The van der Waals surface area contributed by atoms with Crippen LogP contribution in [0.5, 0.6) is 5.75 Å². The fraction of sp³-hybridized carbons (Fsp3) is 0.611. The molecule has 5 nitrogen and oxygen atoms in total. The molecule has 2 fully saturated rings. The van der Waals surface area contributed by atoms with Crippen LogP contribution in [0.2, 0.25) is 0 Å². The molecule has 0 bridgehead atoms. The molecule has 23 heavy (non-hydrogen) atoms. The third-order valence-electron chi connectivity index (χ3n) is 4.95. The number of hydrogen-bond acceptors (Lipinski definition) is 4. The van der Waals surface area contributed by atoms with Crippen LogP contribution in [0.1, 0.15) is 32.6 Å². The van der Waals surface area contributed by atoms with E-state index in [-0.39, 0.29) is 24.2 Å². The van der Waals surface area contributed by atoms with Gasteiger partial charge in [0.1, 0.15) is 11.9 Å². The molecule has 1 saturated heterocycles. The molecule has 0 radical (unpaired) electrons. The first kappa shape index (κ1) is 16.3. The summed E-state index contributed by atoms with van der Waals surface area (Å²) in [5.74, 6) is 1.44. The van der Waals surface area contributed by atoms with Crippen molar-refractivity contribution in [3.63, 3.8) is 0 Å². The average Bonchev–Trinajstić information content (AvgIpc) is 3.32. The second kappa shape index (κ2) is 6.89. The number of nitrogens with two attached hydrogens (primary N) is 1. The van der Waals surface area contributed by atoms with Crippen LogP contribution in [0.15, 0.2) is 24.3 Å². The quantitative estimate of drug-likeness (QED) is 0.874. The number of methoxy groups -OCH3 is 1. The number of nitrogens with zero attached hydrogens (tertiary/aromatic N) is 1. The summed E-state index contributed by atoms with van der Waals surface area (Å²) in [5, 5.41) is 0. The lowest BCUT2D eigenvalue weighted by Gasteiger charge is -2.31. The van der Waals surface area contributed by atoms with Gasteiger partial charge >= 0.3 is 0 Å². The summed E-state index contributed by atoms with van der Waals surface area (Å²) in [4.78, 5) is 15.0. The highest BCUT2D eigenvalue weighted by atomic mass is 16.5. The fourth-order valence-electron chi connectivity index (χ4n) is 3.31. The standard InChI is InChI=1S/C18H26N2O3/c1-12(13-3-4-13)20(14-5-7-15(22-2)8-6-14)18(21)17-10-9-16(11-19)23-17/h5-8,12-13,16-17H,3-4,9-11,19H2,1-2H3/t12?,16-,17+/m1/s1. The molecule has 1 aliphatic heterocycles. The maximum Gasteiger partial charge on any atom is 0.256 e. The zero-order chi connectivity index (χ0) is 16.4. The minimum Gasteiger partial charge on any atom is -0.497 e. The average molecular weight is 318 g/mol. The Morgan fingerprint density at radius 1 is 1.30 bits per heavy atom. The Morgan fingerprint density at radius 2 is 2.00 bits per heavy atom. The van der Waals surface area contributed by atoms with E-state index in [4.69, 9.17) is 15.2 Å². The maximum absolute atomic E-state index is 13.1. The number of carbonyl (C=O) groups excluding carboxylic acids is 1. The van der Waals surface area contributed by atoms with Gasteiger partial charge in [0.15, 0.2) is 0 Å².